The van der Waals surface area contributed by atoms with Crippen LogP contribution in [0.3, 0.4) is 0 Å². The van der Waals surface area contributed by atoms with Gasteiger partial charge in [-0.05, 0) is 40.8 Å². The van der Waals surface area contributed by atoms with Gasteiger partial charge >= 0.3 is 6.01 Å². The van der Waals surface area contributed by atoms with E-state index in [-0.39, 0.29) is 11.8 Å². The van der Waals surface area contributed by atoms with Crippen molar-refractivity contribution in [2.24, 2.45) is 0 Å². The van der Waals surface area contributed by atoms with E-state index in [2.05, 4.69) is 32.6 Å². The summed E-state index contributed by atoms with van der Waals surface area (Å²) in [6.45, 7) is 0. The molecular weight excluding hydrogens is 350 g/mol. The molecule has 1 aromatic heterocycles. The summed E-state index contributed by atoms with van der Waals surface area (Å²) < 4.78 is 24.3. The van der Waals surface area contributed by atoms with Crippen LogP contribution in [0.25, 0.3) is 11.1 Å². The molecular formula is C12H10FIN2O2. The van der Waals surface area contributed by atoms with E-state index in [1.807, 2.05) is 0 Å². The monoisotopic (exact) mass is 360 g/mol. The molecule has 0 aliphatic rings. The summed E-state index contributed by atoms with van der Waals surface area (Å²) in [6.07, 6.45) is 1.56. The highest BCUT2D eigenvalue weighted by atomic mass is 127. The van der Waals surface area contributed by atoms with Gasteiger partial charge in [0.05, 0.1) is 19.8 Å². The Labute approximate surface area is 117 Å². The van der Waals surface area contributed by atoms with E-state index in [0.29, 0.717) is 17.0 Å². The Kier molecular flexibility index (Phi) is 3.95. The molecule has 2 aromatic rings. The van der Waals surface area contributed by atoms with Gasteiger partial charge < -0.3 is 9.47 Å². The lowest BCUT2D eigenvalue weighted by molar-refractivity contribution is 0.353. The van der Waals surface area contributed by atoms with Gasteiger partial charge in [-0.15, -0.1) is 0 Å². The molecule has 0 saturated heterocycles. The summed E-state index contributed by atoms with van der Waals surface area (Å²) in [5.41, 5.74) is 1.32. The molecule has 1 heterocycles. The fourth-order valence-corrected chi connectivity index (χ4v) is 2.12. The van der Waals surface area contributed by atoms with E-state index in [1.54, 1.807) is 12.3 Å². The summed E-state index contributed by atoms with van der Waals surface area (Å²) in [6, 6.07) is 4.73. The number of ether oxygens (including phenoxy) is 2. The minimum atomic E-state index is -0.316. The van der Waals surface area contributed by atoms with Gasteiger partial charge in [-0.25, -0.2) is 9.37 Å². The van der Waals surface area contributed by atoms with E-state index in [1.165, 1.54) is 26.4 Å². The standard InChI is InChI=1S/C12H10FIN2O2/c1-17-11-9(6-15-12(16-11)18-2)8-5-7(13)3-4-10(8)14/h3-6H,1-2H3. The molecule has 2 rings (SSSR count). The van der Waals surface area contributed by atoms with Gasteiger partial charge in [0.2, 0.25) is 5.88 Å². The van der Waals surface area contributed by atoms with Gasteiger partial charge in [-0.2, -0.15) is 4.98 Å². The molecule has 0 radical (unpaired) electrons. The Bertz CT molecular complexity index is 578. The summed E-state index contributed by atoms with van der Waals surface area (Å²) >= 11 is 2.12. The van der Waals surface area contributed by atoms with Gasteiger partial charge in [-0.1, -0.05) is 0 Å². The first-order chi connectivity index (χ1) is 8.65. The molecule has 0 aliphatic carbocycles. The highest BCUT2D eigenvalue weighted by molar-refractivity contribution is 14.1. The Hall–Kier alpha value is -1.44. The Balaban J connectivity index is 2.59. The van der Waals surface area contributed by atoms with Crippen molar-refractivity contribution in [3.05, 3.63) is 33.8 Å². The third-order valence-electron chi connectivity index (χ3n) is 2.33. The lowest BCUT2D eigenvalue weighted by atomic mass is 10.1. The van der Waals surface area contributed by atoms with Gasteiger partial charge in [0.15, 0.2) is 0 Å². The normalized spacial score (nSPS) is 10.2. The van der Waals surface area contributed by atoms with Crippen molar-refractivity contribution in [1.82, 2.24) is 9.97 Å². The third kappa shape index (κ3) is 2.53. The maximum atomic E-state index is 13.3. The van der Waals surface area contributed by atoms with E-state index < -0.39 is 0 Å². The van der Waals surface area contributed by atoms with Crippen LogP contribution < -0.4 is 9.47 Å². The van der Waals surface area contributed by atoms with Crippen LogP contribution in [0, 0.1) is 9.39 Å². The minimum absolute atomic E-state index is 0.210. The third-order valence-corrected chi connectivity index (χ3v) is 3.27. The molecule has 0 fully saturated rings. The molecule has 0 saturated carbocycles. The average Bonchev–Trinajstić information content (AvgIpc) is 2.41. The largest absolute Gasteiger partial charge is 0.480 e. The maximum Gasteiger partial charge on any atom is 0.319 e. The van der Waals surface area contributed by atoms with E-state index in [0.717, 1.165) is 3.57 Å². The second kappa shape index (κ2) is 5.47. The topological polar surface area (TPSA) is 44.2 Å². The van der Waals surface area contributed by atoms with Crippen LogP contribution in [0.2, 0.25) is 0 Å². The first-order valence-corrected chi connectivity index (χ1v) is 6.14. The Morgan fingerprint density at radius 3 is 2.61 bits per heavy atom. The number of benzene rings is 1. The predicted molar refractivity (Wildman–Crippen MR) is 73.2 cm³/mol. The van der Waals surface area contributed by atoms with E-state index in [9.17, 15) is 4.39 Å². The number of nitrogens with zero attached hydrogens (tertiary/aromatic N) is 2. The molecule has 0 aliphatic heterocycles. The summed E-state index contributed by atoms with van der Waals surface area (Å²) in [4.78, 5) is 8.09. The number of hydrogen-bond acceptors (Lipinski definition) is 4. The number of aromatic nitrogens is 2. The van der Waals surface area contributed by atoms with E-state index in [4.69, 9.17) is 9.47 Å². The average molecular weight is 360 g/mol. The van der Waals surface area contributed by atoms with Crippen LogP contribution in [0.5, 0.6) is 11.9 Å². The first kappa shape index (κ1) is 13.0. The molecule has 0 bridgehead atoms. The van der Waals surface area contributed by atoms with Gasteiger partial charge in [0.1, 0.15) is 5.82 Å². The van der Waals surface area contributed by atoms with Crippen LogP contribution >= 0.6 is 22.6 Å². The van der Waals surface area contributed by atoms with Crippen molar-refractivity contribution in [3.8, 4) is 23.0 Å². The zero-order valence-electron chi connectivity index (χ0n) is 9.78. The molecule has 0 N–H and O–H groups in total. The molecule has 94 valence electrons. The van der Waals surface area contributed by atoms with Crippen molar-refractivity contribution in [3.63, 3.8) is 0 Å². The zero-order chi connectivity index (χ0) is 13.1. The number of halogens is 2. The highest BCUT2D eigenvalue weighted by Gasteiger charge is 2.13. The van der Waals surface area contributed by atoms with Crippen molar-refractivity contribution >= 4 is 22.6 Å². The summed E-state index contributed by atoms with van der Waals surface area (Å²) in [5.74, 6) is 0.0358. The van der Waals surface area contributed by atoms with Crippen LogP contribution in [0.15, 0.2) is 24.4 Å². The molecule has 6 heteroatoms. The second-order valence-corrected chi connectivity index (χ2v) is 4.57. The zero-order valence-corrected chi connectivity index (χ0v) is 11.9. The summed E-state index contributed by atoms with van der Waals surface area (Å²) in [5, 5.41) is 0. The highest BCUT2D eigenvalue weighted by Crippen LogP contribution is 2.32. The molecule has 1 aromatic carbocycles. The van der Waals surface area contributed by atoms with Crippen molar-refractivity contribution in [2.75, 3.05) is 14.2 Å². The first-order valence-electron chi connectivity index (χ1n) is 5.06. The number of rotatable bonds is 3. The van der Waals surface area contributed by atoms with Crippen LogP contribution in [0.4, 0.5) is 4.39 Å². The number of methoxy groups -OCH3 is 2. The quantitative estimate of drug-likeness (QED) is 0.790. The predicted octanol–water partition coefficient (Wildman–Crippen LogP) is 2.90. The molecule has 0 amide bonds. The van der Waals surface area contributed by atoms with Gasteiger partial charge in [0.25, 0.3) is 0 Å². The lowest BCUT2D eigenvalue weighted by Crippen LogP contribution is -1.98. The van der Waals surface area contributed by atoms with Gasteiger partial charge in [0, 0.05) is 15.3 Å². The molecule has 0 unspecified atom stereocenters. The molecule has 0 atom stereocenters. The van der Waals surface area contributed by atoms with Crippen LogP contribution in [0.1, 0.15) is 0 Å². The smallest absolute Gasteiger partial charge is 0.319 e. The lowest BCUT2D eigenvalue weighted by Gasteiger charge is -2.09. The second-order valence-electron chi connectivity index (χ2n) is 3.40. The maximum absolute atomic E-state index is 13.3. The summed E-state index contributed by atoms with van der Waals surface area (Å²) in [7, 11) is 2.97. The molecule has 0 spiro atoms. The fraction of sp³-hybridized carbons (Fsp3) is 0.167. The fourth-order valence-electron chi connectivity index (χ4n) is 1.49. The Morgan fingerprint density at radius 2 is 1.94 bits per heavy atom. The number of hydrogen-bond donors (Lipinski definition) is 0. The van der Waals surface area contributed by atoms with Crippen molar-refractivity contribution in [1.29, 1.82) is 0 Å². The van der Waals surface area contributed by atoms with E-state index >= 15 is 0 Å². The van der Waals surface area contributed by atoms with Crippen LogP contribution in [-0.2, 0) is 0 Å². The minimum Gasteiger partial charge on any atom is -0.480 e. The molecule has 4 nitrogen and oxygen atoms in total. The van der Waals surface area contributed by atoms with Crippen molar-refractivity contribution in [2.45, 2.75) is 0 Å². The van der Waals surface area contributed by atoms with Crippen LogP contribution in [-0.4, -0.2) is 24.2 Å². The van der Waals surface area contributed by atoms with Gasteiger partial charge in [-0.3, -0.25) is 0 Å². The SMILES string of the molecule is COc1ncc(-c2cc(F)ccc2I)c(OC)n1. The van der Waals surface area contributed by atoms with Crippen molar-refractivity contribution < 1.29 is 13.9 Å². The molecule has 18 heavy (non-hydrogen) atoms. The Morgan fingerprint density at radius 1 is 1.17 bits per heavy atom.